The minimum Gasteiger partial charge on any atom is -0.476 e. The first kappa shape index (κ1) is 13.8. The lowest BCUT2D eigenvalue weighted by Gasteiger charge is -2.08. The molecule has 4 aromatic rings. The number of nitrogens with zero attached hydrogens (tertiary/aromatic N) is 1. The van der Waals surface area contributed by atoms with Crippen LogP contribution in [0.15, 0.2) is 54.7 Å². The van der Waals surface area contributed by atoms with Gasteiger partial charge >= 0.3 is 5.97 Å². The average molecular weight is 323 g/mol. The van der Waals surface area contributed by atoms with Crippen LogP contribution in [0, 0.1) is 0 Å². The molecule has 4 nitrogen and oxygen atoms in total. The number of carbonyl (C=O) groups is 1. The van der Waals surface area contributed by atoms with Crippen molar-refractivity contribution in [1.82, 2.24) is 9.97 Å². The minimum absolute atomic E-state index is 0.0320. The quantitative estimate of drug-likeness (QED) is 0.560. The van der Waals surface area contributed by atoms with E-state index in [9.17, 15) is 9.90 Å². The predicted molar refractivity (Wildman–Crippen MR) is 91.0 cm³/mol. The van der Waals surface area contributed by atoms with E-state index < -0.39 is 5.97 Å². The number of rotatable bonds is 2. The van der Waals surface area contributed by atoms with E-state index in [1.54, 1.807) is 12.3 Å². The van der Waals surface area contributed by atoms with Crippen molar-refractivity contribution in [2.45, 2.75) is 0 Å². The third kappa shape index (κ3) is 2.15. The highest BCUT2D eigenvalue weighted by Gasteiger charge is 2.20. The number of nitrogens with one attached hydrogen (secondary N) is 1. The molecule has 0 saturated heterocycles. The highest BCUT2D eigenvalue weighted by atomic mass is 35.5. The number of H-pyrrole nitrogens is 1. The van der Waals surface area contributed by atoms with Gasteiger partial charge in [0.2, 0.25) is 0 Å². The summed E-state index contributed by atoms with van der Waals surface area (Å²) in [6.45, 7) is 0. The molecule has 0 spiro atoms. The molecule has 0 bridgehead atoms. The maximum absolute atomic E-state index is 11.7. The number of aromatic carboxylic acids is 1. The number of benzene rings is 2. The minimum atomic E-state index is -1.05. The SMILES string of the molecule is O=C(O)c1ncc2[nH]c3ccc(Cl)cc3c2c1-c1ccccc1. The van der Waals surface area contributed by atoms with Gasteiger partial charge in [0.15, 0.2) is 5.69 Å². The fourth-order valence-electron chi connectivity index (χ4n) is 2.91. The number of aromatic amines is 1. The van der Waals surface area contributed by atoms with Gasteiger partial charge in [-0.25, -0.2) is 9.78 Å². The first-order chi connectivity index (χ1) is 11.1. The summed E-state index contributed by atoms with van der Waals surface area (Å²) in [5.74, 6) is -1.05. The van der Waals surface area contributed by atoms with Gasteiger partial charge in [0.25, 0.3) is 0 Å². The highest BCUT2D eigenvalue weighted by Crippen LogP contribution is 2.37. The van der Waals surface area contributed by atoms with Crippen molar-refractivity contribution < 1.29 is 9.90 Å². The zero-order valence-corrected chi connectivity index (χ0v) is 12.6. The summed E-state index contributed by atoms with van der Waals surface area (Å²) in [5, 5.41) is 11.9. The maximum Gasteiger partial charge on any atom is 0.355 e. The summed E-state index contributed by atoms with van der Waals surface area (Å²) < 4.78 is 0. The number of hydrogen-bond acceptors (Lipinski definition) is 2. The second-order valence-electron chi connectivity index (χ2n) is 5.26. The van der Waals surface area contributed by atoms with E-state index in [4.69, 9.17) is 11.6 Å². The molecule has 0 atom stereocenters. The largest absolute Gasteiger partial charge is 0.476 e. The average Bonchev–Trinajstić information content (AvgIpc) is 2.92. The van der Waals surface area contributed by atoms with Crippen molar-refractivity contribution in [1.29, 1.82) is 0 Å². The molecule has 0 aliphatic heterocycles. The van der Waals surface area contributed by atoms with E-state index in [1.165, 1.54) is 0 Å². The molecular weight excluding hydrogens is 312 g/mol. The smallest absolute Gasteiger partial charge is 0.355 e. The van der Waals surface area contributed by atoms with Crippen LogP contribution < -0.4 is 0 Å². The number of hydrogen-bond donors (Lipinski definition) is 2. The number of carboxylic acids is 1. The third-order valence-corrected chi connectivity index (χ3v) is 4.10. The molecule has 0 aliphatic rings. The summed E-state index contributed by atoms with van der Waals surface area (Å²) in [5.41, 5.74) is 3.12. The van der Waals surface area contributed by atoms with Crippen molar-refractivity contribution in [3.63, 3.8) is 0 Å². The Labute approximate surface area is 136 Å². The van der Waals surface area contributed by atoms with Crippen LogP contribution >= 0.6 is 11.6 Å². The monoisotopic (exact) mass is 322 g/mol. The van der Waals surface area contributed by atoms with Crippen molar-refractivity contribution in [3.05, 3.63) is 65.4 Å². The number of halogens is 1. The molecule has 0 amide bonds. The number of pyridine rings is 1. The summed E-state index contributed by atoms with van der Waals surface area (Å²) in [4.78, 5) is 19.1. The van der Waals surface area contributed by atoms with Gasteiger partial charge in [-0.3, -0.25) is 0 Å². The Morgan fingerprint density at radius 1 is 1.09 bits per heavy atom. The topological polar surface area (TPSA) is 66.0 Å². The van der Waals surface area contributed by atoms with E-state index in [2.05, 4.69) is 9.97 Å². The Balaban J connectivity index is 2.23. The molecule has 2 N–H and O–H groups in total. The van der Waals surface area contributed by atoms with Gasteiger partial charge < -0.3 is 10.1 Å². The molecule has 4 rings (SSSR count). The van der Waals surface area contributed by atoms with Gasteiger partial charge in [-0.05, 0) is 23.8 Å². The number of aromatic nitrogens is 2. The van der Waals surface area contributed by atoms with Crippen LogP contribution in [0.5, 0.6) is 0 Å². The van der Waals surface area contributed by atoms with Crippen LogP contribution in [0.2, 0.25) is 5.02 Å². The first-order valence-electron chi connectivity index (χ1n) is 7.04. The molecule has 5 heteroatoms. The van der Waals surface area contributed by atoms with E-state index in [1.807, 2.05) is 42.5 Å². The van der Waals surface area contributed by atoms with Crippen LogP contribution in [-0.4, -0.2) is 21.0 Å². The molecule has 2 aromatic heterocycles. The molecular formula is C18H11ClN2O2. The van der Waals surface area contributed by atoms with Crippen LogP contribution in [0.4, 0.5) is 0 Å². The Hall–Kier alpha value is -2.85. The molecule has 0 fully saturated rings. The Kier molecular flexibility index (Phi) is 3.06. The highest BCUT2D eigenvalue weighted by molar-refractivity contribution is 6.32. The van der Waals surface area contributed by atoms with E-state index in [0.717, 1.165) is 27.4 Å². The standard InChI is InChI=1S/C18H11ClN2O2/c19-11-6-7-13-12(8-11)16-14(21-13)9-20-17(18(22)23)15(16)10-4-2-1-3-5-10/h1-9,21H,(H,22,23). The second-order valence-corrected chi connectivity index (χ2v) is 5.69. The molecule has 112 valence electrons. The second kappa shape index (κ2) is 5.11. The van der Waals surface area contributed by atoms with E-state index in [0.29, 0.717) is 10.6 Å². The van der Waals surface area contributed by atoms with Crippen LogP contribution in [-0.2, 0) is 0 Å². The lowest BCUT2D eigenvalue weighted by Crippen LogP contribution is -2.03. The van der Waals surface area contributed by atoms with Crippen LogP contribution in [0.1, 0.15) is 10.5 Å². The summed E-state index contributed by atoms with van der Waals surface area (Å²) >= 11 is 6.13. The predicted octanol–water partition coefficient (Wildman–Crippen LogP) is 4.73. The first-order valence-corrected chi connectivity index (χ1v) is 7.41. The van der Waals surface area contributed by atoms with Crippen molar-refractivity contribution in [2.24, 2.45) is 0 Å². The van der Waals surface area contributed by atoms with Gasteiger partial charge in [0.05, 0.1) is 11.7 Å². The number of fused-ring (bicyclic) bond motifs is 3. The van der Waals surface area contributed by atoms with E-state index >= 15 is 0 Å². The summed E-state index contributed by atoms with van der Waals surface area (Å²) in [7, 11) is 0. The molecule has 2 heterocycles. The van der Waals surface area contributed by atoms with Crippen LogP contribution in [0.3, 0.4) is 0 Å². The molecule has 0 aliphatic carbocycles. The fourth-order valence-corrected chi connectivity index (χ4v) is 3.08. The molecule has 0 saturated carbocycles. The Bertz CT molecular complexity index is 1050. The van der Waals surface area contributed by atoms with Crippen molar-refractivity contribution in [2.75, 3.05) is 0 Å². The van der Waals surface area contributed by atoms with Gasteiger partial charge in [0.1, 0.15) is 0 Å². The molecule has 0 unspecified atom stereocenters. The fraction of sp³-hybridized carbons (Fsp3) is 0. The van der Waals surface area contributed by atoms with Gasteiger partial charge in [0, 0.05) is 26.9 Å². The van der Waals surface area contributed by atoms with Crippen LogP contribution in [0.25, 0.3) is 32.9 Å². The van der Waals surface area contributed by atoms with Gasteiger partial charge in [-0.1, -0.05) is 41.9 Å². The third-order valence-electron chi connectivity index (χ3n) is 3.86. The van der Waals surface area contributed by atoms with Gasteiger partial charge in [-0.2, -0.15) is 0 Å². The molecule has 2 aromatic carbocycles. The van der Waals surface area contributed by atoms with Crippen molar-refractivity contribution >= 4 is 39.4 Å². The lowest BCUT2D eigenvalue weighted by molar-refractivity contribution is 0.0691. The molecule has 0 radical (unpaired) electrons. The van der Waals surface area contributed by atoms with E-state index in [-0.39, 0.29) is 5.69 Å². The molecule has 23 heavy (non-hydrogen) atoms. The Morgan fingerprint density at radius 2 is 1.87 bits per heavy atom. The summed E-state index contributed by atoms with van der Waals surface area (Å²) in [6, 6.07) is 14.9. The Morgan fingerprint density at radius 3 is 2.61 bits per heavy atom. The van der Waals surface area contributed by atoms with Gasteiger partial charge in [-0.15, -0.1) is 0 Å². The summed E-state index contributed by atoms with van der Waals surface area (Å²) in [6.07, 6.45) is 1.55. The zero-order chi connectivity index (χ0) is 16.0. The van der Waals surface area contributed by atoms with Crippen molar-refractivity contribution in [3.8, 4) is 11.1 Å². The maximum atomic E-state index is 11.7. The zero-order valence-electron chi connectivity index (χ0n) is 11.9. The lowest BCUT2D eigenvalue weighted by atomic mass is 9.98. The normalized spacial score (nSPS) is 11.2. The number of carboxylic acid groups (broad SMARTS) is 1.